The number of hydrogen-bond acceptors (Lipinski definition) is 5. The van der Waals surface area contributed by atoms with Gasteiger partial charge in [-0.15, -0.1) is 0 Å². The van der Waals surface area contributed by atoms with Crippen molar-refractivity contribution in [3.63, 3.8) is 0 Å². The molecule has 7 heteroatoms. The molecule has 4 aromatic rings. The van der Waals surface area contributed by atoms with E-state index in [4.69, 9.17) is 9.47 Å². The number of benzene rings is 4. The monoisotopic (exact) mass is 495 g/mol. The van der Waals surface area contributed by atoms with Crippen molar-refractivity contribution < 1.29 is 19.1 Å². The highest BCUT2D eigenvalue weighted by Crippen LogP contribution is 2.23. The van der Waals surface area contributed by atoms with Crippen LogP contribution in [-0.4, -0.2) is 31.6 Å². The first-order chi connectivity index (χ1) is 18.2. The summed E-state index contributed by atoms with van der Waals surface area (Å²) in [7, 11) is 0. The van der Waals surface area contributed by atoms with Crippen molar-refractivity contribution in [1.29, 1.82) is 0 Å². The third kappa shape index (κ3) is 8.14. The van der Waals surface area contributed by atoms with Gasteiger partial charge in [-0.05, 0) is 54.1 Å². The van der Waals surface area contributed by atoms with Crippen LogP contribution in [0.3, 0.4) is 0 Å². The van der Waals surface area contributed by atoms with E-state index >= 15 is 0 Å². The third-order valence-electron chi connectivity index (χ3n) is 5.41. The van der Waals surface area contributed by atoms with Crippen LogP contribution in [0.15, 0.2) is 109 Å². The molecule has 0 atom stereocenters. The fourth-order valence-electron chi connectivity index (χ4n) is 3.53. The Morgan fingerprint density at radius 2 is 1.32 bits per heavy atom. The smallest absolute Gasteiger partial charge is 0.251 e. The first kappa shape index (κ1) is 25.3. The van der Waals surface area contributed by atoms with E-state index in [-0.39, 0.29) is 18.4 Å². The molecule has 0 aliphatic rings. The molecule has 0 aliphatic carbocycles. The maximum Gasteiger partial charge on any atom is 0.251 e. The Balaban J connectivity index is 1.21. The van der Waals surface area contributed by atoms with Crippen molar-refractivity contribution in [2.24, 2.45) is 0 Å². The van der Waals surface area contributed by atoms with Crippen LogP contribution in [0.4, 0.5) is 11.4 Å². The maximum atomic E-state index is 12.5. The zero-order valence-electron chi connectivity index (χ0n) is 20.4. The van der Waals surface area contributed by atoms with Crippen molar-refractivity contribution >= 4 is 23.2 Å². The molecule has 7 nitrogen and oxygen atoms in total. The number of carbonyl (C=O) groups excluding carboxylic acids is 2. The Labute approximate surface area is 216 Å². The molecular weight excluding hydrogens is 466 g/mol. The van der Waals surface area contributed by atoms with Gasteiger partial charge in [-0.25, -0.2) is 0 Å². The van der Waals surface area contributed by atoms with E-state index in [1.54, 1.807) is 24.3 Å². The van der Waals surface area contributed by atoms with Crippen molar-refractivity contribution in [2.45, 2.75) is 6.54 Å². The van der Waals surface area contributed by atoms with E-state index < -0.39 is 0 Å². The summed E-state index contributed by atoms with van der Waals surface area (Å²) < 4.78 is 11.5. The second-order valence-corrected chi connectivity index (χ2v) is 8.15. The normalized spacial score (nSPS) is 10.3. The SMILES string of the molecule is O=C(CNc1ccccc1OCCOc1ccccc1)Nc1ccc(C(=O)NCc2ccccc2)cc1. The zero-order chi connectivity index (χ0) is 25.7. The minimum atomic E-state index is -0.219. The Kier molecular flexibility index (Phi) is 9.13. The van der Waals surface area contributed by atoms with Gasteiger partial charge in [-0.2, -0.15) is 0 Å². The molecular formula is C30H29N3O4. The average molecular weight is 496 g/mol. The number of anilines is 2. The molecule has 4 rings (SSSR count). The van der Waals surface area contributed by atoms with Gasteiger partial charge < -0.3 is 25.4 Å². The van der Waals surface area contributed by atoms with E-state index in [1.807, 2.05) is 84.9 Å². The summed E-state index contributed by atoms with van der Waals surface area (Å²) in [5.74, 6) is 1.03. The molecule has 0 aromatic heterocycles. The fraction of sp³-hybridized carbons (Fsp3) is 0.133. The van der Waals surface area contributed by atoms with Crippen LogP contribution >= 0.6 is 0 Å². The summed E-state index contributed by atoms with van der Waals surface area (Å²) in [6, 6.07) is 33.5. The highest BCUT2D eigenvalue weighted by atomic mass is 16.5. The van der Waals surface area contributed by atoms with Crippen LogP contribution in [-0.2, 0) is 11.3 Å². The summed E-state index contributed by atoms with van der Waals surface area (Å²) in [6.07, 6.45) is 0. The second kappa shape index (κ2) is 13.3. The molecule has 0 aliphatic heterocycles. The average Bonchev–Trinajstić information content (AvgIpc) is 2.95. The summed E-state index contributed by atoms with van der Waals surface area (Å²) in [5, 5.41) is 8.83. The molecule has 3 N–H and O–H groups in total. The van der Waals surface area contributed by atoms with E-state index in [1.165, 1.54) is 0 Å². The number of amides is 2. The van der Waals surface area contributed by atoms with Crippen LogP contribution in [0.5, 0.6) is 11.5 Å². The standard InChI is InChI=1S/C30H29N3O4/c34-29(33-25-17-15-24(16-18-25)30(35)32-21-23-9-3-1-4-10-23)22-31-27-13-7-8-14-28(27)37-20-19-36-26-11-5-2-6-12-26/h1-18,31H,19-22H2,(H,32,35)(H,33,34). The molecule has 0 saturated carbocycles. The van der Waals surface area contributed by atoms with Crippen LogP contribution in [0, 0.1) is 0 Å². The summed E-state index contributed by atoms with van der Waals surface area (Å²) in [4.78, 5) is 24.9. The molecule has 0 heterocycles. The van der Waals surface area contributed by atoms with Crippen LogP contribution in [0.25, 0.3) is 0 Å². The van der Waals surface area contributed by atoms with E-state index in [0.29, 0.717) is 42.4 Å². The van der Waals surface area contributed by atoms with Gasteiger partial charge in [-0.1, -0.05) is 60.7 Å². The van der Waals surface area contributed by atoms with Crippen LogP contribution < -0.4 is 25.4 Å². The molecule has 0 radical (unpaired) electrons. The Hall–Kier alpha value is -4.78. The lowest BCUT2D eigenvalue weighted by Gasteiger charge is -2.14. The summed E-state index contributed by atoms with van der Waals surface area (Å²) >= 11 is 0. The van der Waals surface area contributed by atoms with Gasteiger partial charge in [0.2, 0.25) is 5.91 Å². The first-order valence-electron chi connectivity index (χ1n) is 12.0. The molecule has 37 heavy (non-hydrogen) atoms. The first-order valence-corrected chi connectivity index (χ1v) is 12.0. The predicted molar refractivity (Wildman–Crippen MR) is 145 cm³/mol. The molecule has 0 fully saturated rings. The van der Waals surface area contributed by atoms with Crippen LogP contribution in [0.1, 0.15) is 15.9 Å². The lowest BCUT2D eigenvalue weighted by Crippen LogP contribution is -2.23. The molecule has 0 spiro atoms. The molecule has 0 unspecified atom stereocenters. The maximum absolute atomic E-state index is 12.5. The van der Waals surface area contributed by atoms with Gasteiger partial charge >= 0.3 is 0 Å². The molecule has 2 amide bonds. The molecule has 0 saturated heterocycles. The van der Waals surface area contributed by atoms with Crippen molar-refractivity contribution in [3.8, 4) is 11.5 Å². The minimum Gasteiger partial charge on any atom is -0.490 e. The Morgan fingerprint density at radius 1 is 0.676 bits per heavy atom. The van der Waals surface area contributed by atoms with Gasteiger partial charge in [0.25, 0.3) is 5.91 Å². The summed E-state index contributed by atoms with van der Waals surface area (Å²) in [5.41, 5.74) is 2.87. The number of hydrogen-bond donors (Lipinski definition) is 3. The molecule has 188 valence electrons. The summed E-state index contributed by atoms with van der Waals surface area (Å²) in [6.45, 7) is 1.28. The van der Waals surface area contributed by atoms with Crippen LogP contribution in [0.2, 0.25) is 0 Å². The van der Waals surface area contributed by atoms with E-state index in [2.05, 4.69) is 16.0 Å². The van der Waals surface area contributed by atoms with Gasteiger partial charge in [0.1, 0.15) is 24.7 Å². The van der Waals surface area contributed by atoms with Crippen molar-refractivity contribution in [3.05, 3.63) is 120 Å². The number of para-hydroxylation sites is 3. The van der Waals surface area contributed by atoms with E-state index in [9.17, 15) is 9.59 Å². The highest BCUT2D eigenvalue weighted by molar-refractivity contribution is 5.96. The minimum absolute atomic E-state index is 0.0558. The van der Waals surface area contributed by atoms with Gasteiger partial charge in [0.15, 0.2) is 0 Å². The highest BCUT2D eigenvalue weighted by Gasteiger charge is 2.09. The lowest BCUT2D eigenvalue weighted by molar-refractivity contribution is -0.114. The number of ether oxygens (including phenoxy) is 2. The van der Waals surface area contributed by atoms with Crippen molar-refractivity contribution in [2.75, 3.05) is 30.4 Å². The lowest BCUT2D eigenvalue weighted by atomic mass is 10.1. The Bertz CT molecular complexity index is 1280. The van der Waals surface area contributed by atoms with Crippen molar-refractivity contribution in [1.82, 2.24) is 5.32 Å². The second-order valence-electron chi connectivity index (χ2n) is 8.15. The number of nitrogens with one attached hydrogen (secondary N) is 3. The largest absolute Gasteiger partial charge is 0.490 e. The fourth-order valence-corrected chi connectivity index (χ4v) is 3.53. The number of carbonyl (C=O) groups is 2. The number of rotatable bonds is 12. The van der Waals surface area contributed by atoms with Gasteiger partial charge in [0, 0.05) is 17.8 Å². The predicted octanol–water partition coefficient (Wildman–Crippen LogP) is 5.13. The quantitative estimate of drug-likeness (QED) is 0.237. The zero-order valence-corrected chi connectivity index (χ0v) is 20.4. The molecule has 4 aromatic carbocycles. The molecule has 0 bridgehead atoms. The third-order valence-corrected chi connectivity index (χ3v) is 5.41. The topological polar surface area (TPSA) is 88.7 Å². The van der Waals surface area contributed by atoms with Gasteiger partial charge in [0.05, 0.1) is 12.2 Å². The van der Waals surface area contributed by atoms with E-state index in [0.717, 1.165) is 11.3 Å². The van der Waals surface area contributed by atoms with Gasteiger partial charge in [-0.3, -0.25) is 9.59 Å². The Morgan fingerprint density at radius 3 is 2.08 bits per heavy atom.